The molecule has 20 heavy (non-hydrogen) atoms. The van der Waals surface area contributed by atoms with Gasteiger partial charge in [-0.3, -0.25) is 0 Å². The maximum absolute atomic E-state index is 13.2. The number of nitrogens with zero attached hydrogens (tertiary/aromatic N) is 2. The Morgan fingerprint density at radius 2 is 1.80 bits per heavy atom. The zero-order chi connectivity index (χ0) is 14.7. The fraction of sp³-hybridized carbons (Fsp3) is 0.286. The van der Waals surface area contributed by atoms with Crippen molar-refractivity contribution in [3.63, 3.8) is 0 Å². The van der Waals surface area contributed by atoms with Crippen molar-refractivity contribution in [2.24, 2.45) is 0 Å². The van der Waals surface area contributed by atoms with Gasteiger partial charge in [-0.2, -0.15) is 0 Å². The van der Waals surface area contributed by atoms with Crippen molar-refractivity contribution in [2.75, 3.05) is 5.32 Å². The maximum atomic E-state index is 13.2. The molecule has 1 aromatic heterocycles. The number of aromatic nitrogens is 2. The van der Waals surface area contributed by atoms with Crippen molar-refractivity contribution < 1.29 is 8.78 Å². The molecule has 0 radical (unpaired) electrons. The summed E-state index contributed by atoms with van der Waals surface area (Å²) in [5.74, 6) is -0.664. The minimum Gasteiger partial charge on any atom is -0.368 e. The number of rotatable bonds is 4. The lowest BCUT2D eigenvalue weighted by Crippen LogP contribution is -2.14. The molecule has 6 heteroatoms. The van der Waals surface area contributed by atoms with Crippen molar-refractivity contribution in [2.45, 2.75) is 26.3 Å². The van der Waals surface area contributed by atoms with Crippen LogP contribution in [0.25, 0.3) is 0 Å². The van der Waals surface area contributed by atoms with E-state index in [9.17, 15) is 8.78 Å². The van der Waals surface area contributed by atoms with E-state index in [-0.39, 0.29) is 17.6 Å². The molecule has 0 aliphatic rings. The van der Waals surface area contributed by atoms with E-state index < -0.39 is 11.6 Å². The molecule has 3 nitrogen and oxygen atoms in total. The Balaban J connectivity index is 2.36. The third-order valence-corrected chi connectivity index (χ3v) is 2.95. The number of anilines is 1. The molecule has 0 saturated heterocycles. The SMILES string of the molecule is CC(C)Nc1ncnc(Cl)c1Cc1cc(F)cc(F)c1. The van der Waals surface area contributed by atoms with Gasteiger partial charge in [0.1, 0.15) is 28.9 Å². The predicted molar refractivity (Wildman–Crippen MR) is 75.0 cm³/mol. The van der Waals surface area contributed by atoms with Gasteiger partial charge in [0.15, 0.2) is 0 Å². The summed E-state index contributed by atoms with van der Waals surface area (Å²) in [4.78, 5) is 8.04. The smallest absolute Gasteiger partial charge is 0.138 e. The summed E-state index contributed by atoms with van der Waals surface area (Å²) in [7, 11) is 0. The third-order valence-electron chi connectivity index (χ3n) is 2.62. The summed E-state index contributed by atoms with van der Waals surface area (Å²) in [5, 5.41) is 3.41. The Morgan fingerprint density at radius 1 is 1.15 bits per heavy atom. The van der Waals surface area contributed by atoms with E-state index in [0.29, 0.717) is 16.9 Å². The fourth-order valence-electron chi connectivity index (χ4n) is 1.86. The molecule has 0 aliphatic carbocycles. The van der Waals surface area contributed by atoms with Crippen molar-refractivity contribution in [3.8, 4) is 0 Å². The second kappa shape index (κ2) is 6.13. The third kappa shape index (κ3) is 3.63. The first kappa shape index (κ1) is 14.7. The van der Waals surface area contributed by atoms with Crippen molar-refractivity contribution in [3.05, 3.63) is 52.4 Å². The van der Waals surface area contributed by atoms with E-state index in [1.165, 1.54) is 18.5 Å². The highest BCUT2D eigenvalue weighted by Gasteiger charge is 2.12. The minimum absolute atomic E-state index is 0.156. The van der Waals surface area contributed by atoms with Crippen LogP contribution in [0.4, 0.5) is 14.6 Å². The molecule has 1 heterocycles. The van der Waals surface area contributed by atoms with Gasteiger partial charge in [0.25, 0.3) is 0 Å². The van der Waals surface area contributed by atoms with Gasteiger partial charge in [0.05, 0.1) is 0 Å². The second-order valence-corrected chi connectivity index (χ2v) is 5.10. The fourth-order valence-corrected chi connectivity index (χ4v) is 2.06. The summed E-state index contributed by atoms with van der Waals surface area (Å²) in [6, 6.07) is 3.53. The molecule has 0 saturated carbocycles. The van der Waals surface area contributed by atoms with Gasteiger partial charge < -0.3 is 5.32 Å². The van der Waals surface area contributed by atoms with Crippen LogP contribution in [-0.4, -0.2) is 16.0 Å². The van der Waals surface area contributed by atoms with Crippen molar-refractivity contribution in [1.82, 2.24) is 9.97 Å². The van der Waals surface area contributed by atoms with Crippen LogP contribution < -0.4 is 5.32 Å². The topological polar surface area (TPSA) is 37.8 Å². The average Bonchev–Trinajstić information content (AvgIpc) is 2.31. The van der Waals surface area contributed by atoms with E-state index in [2.05, 4.69) is 15.3 Å². The van der Waals surface area contributed by atoms with Gasteiger partial charge in [-0.05, 0) is 31.5 Å². The van der Waals surface area contributed by atoms with Crippen LogP contribution in [0.2, 0.25) is 5.15 Å². The van der Waals surface area contributed by atoms with Crippen molar-refractivity contribution >= 4 is 17.4 Å². The molecule has 0 spiro atoms. The molecule has 0 bridgehead atoms. The Kier molecular flexibility index (Phi) is 4.49. The number of nitrogens with one attached hydrogen (secondary N) is 1. The Labute approximate surface area is 121 Å². The molecule has 0 unspecified atom stereocenters. The van der Waals surface area contributed by atoms with E-state index in [4.69, 9.17) is 11.6 Å². The number of halogens is 3. The molecule has 2 rings (SSSR count). The molecular formula is C14H14ClF2N3. The predicted octanol–water partition coefficient (Wildman–Crippen LogP) is 3.82. The van der Waals surface area contributed by atoms with Gasteiger partial charge in [-0.1, -0.05) is 11.6 Å². The molecule has 0 aliphatic heterocycles. The number of hydrogen-bond donors (Lipinski definition) is 1. The normalized spacial score (nSPS) is 10.9. The van der Waals surface area contributed by atoms with E-state index >= 15 is 0 Å². The van der Waals surface area contributed by atoms with Gasteiger partial charge >= 0.3 is 0 Å². The second-order valence-electron chi connectivity index (χ2n) is 4.75. The molecule has 0 atom stereocenters. The van der Waals surface area contributed by atoms with Crippen LogP contribution >= 0.6 is 11.6 Å². The van der Waals surface area contributed by atoms with Crippen molar-refractivity contribution in [1.29, 1.82) is 0 Å². The lowest BCUT2D eigenvalue weighted by atomic mass is 10.1. The highest BCUT2D eigenvalue weighted by molar-refractivity contribution is 6.30. The van der Waals surface area contributed by atoms with Crippen LogP contribution in [0.5, 0.6) is 0 Å². The largest absolute Gasteiger partial charge is 0.368 e. The van der Waals surface area contributed by atoms with Crippen LogP contribution in [0.15, 0.2) is 24.5 Å². The molecule has 106 valence electrons. The zero-order valence-corrected chi connectivity index (χ0v) is 11.9. The van der Waals surface area contributed by atoms with Gasteiger partial charge in [-0.15, -0.1) is 0 Å². The lowest BCUT2D eigenvalue weighted by Gasteiger charge is -2.14. The van der Waals surface area contributed by atoms with Crippen LogP contribution in [0, 0.1) is 11.6 Å². The molecular weight excluding hydrogens is 284 g/mol. The summed E-state index contributed by atoms with van der Waals surface area (Å²) in [5.41, 5.74) is 1.10. The summed E-state index contributed by atoms with van der Waals surface area (Å²) in [6.07, 6.45) is 1.60. The number of benzene rings is 1. The van der Waals surface area contributed by atoms with E-state index in [0.717, 1.165) is 6.07 Å². The van der Waals surface area contributed by atoms with Crippen LogP contribution in [0.3, 0.4) is 0 Å². The summed E-state index contributed by atoms with van der Waals surface area (Å²) < 4.78 is 26.4. The minimum atomic E-state index is -0.619. The van der Waals surface area contributed by atoms with E-state index in [1.54, 1.807) is 0 Å². The Morgan fingerprint density at radius 3 is 2.40 bits per heavy atom. The molecule has 1 aromatic carbocycles. The lowest BCUT2D eigenvalue weighted by molar-refractivity contribution is 0.580. The standard InChI is InChI=1S/C14H14ClF2N3/c1-8(2)20-14-12(13(15)18-7-19-14)5-9-3-10(16)6-11(17)4-9/h3-4,6-8H,5H2,1-2H3,(H,18,19,20). The monoisotopic (exact) mass is 297 g/mol. The Hall–Kier alpha value is -1.75. The van der Waals surface area contributed by atoms with Gasteiger partial charge in [0, 0.05) is 24.1 Å². The highest BCUT2D eigenvalue weighted by atomic mass is 35.5. The van der Waals surface area contributed by atoms with E-state index in [1.807, 2.05) is 13.8 Å². The maximum Gasteiger partial charge on any atom is 0.138 e. The first-order chi connectivity index (χ1) is 9.45. The summed E-state index contributed by atoms with van der Waals surface area (Å²) >= 11 is 6.06. The number of hydrogen-bond acceptors (Lipinski definition) is 3. The molecule has 2 aromatic rings. The quantitative estimate of drug-likeness (QED) is 0.872. The van der Waals surface area contributed by atoms with Crippen LogP contribution in [0.1, 0.15) is 25.0 Å². The first-order valence-corrected chi connectivity index (χ1v) is 6.54. The van der Waals surface area contributed by atoms with Gasteiger partial charge in [-0.25, -0.2) is 18.7 Å². The molecule has 1 N–H and O–H groups in total. The van der Waals surface area contributed by atoms with Crippen LogP contribution in [-0.2, 0) is 6.42 Å². The summed E-state index contributed by atoms with van der Waals surface area (Å²) in [6.45, 7) is 3.92. The first-order valence-electron chi connectivity index (χ1n) is 6.16. The van der Waals surface area contributed by atoms with Gasteiger partial charge in [0.2, 0.25) is 0 Å². The average molecular weight is 298 g/mol. The molecule has 0 fully saturated rings. The Bertz CT molecular complexity index is 597. The zero-order valence-electron chi connectivity index (χ0n) is 11.1. The highest BCUT2D eigenvalue weighted by Crippen LogP contribution is 2.24. The molecule has 0 amide bonds.